The molecule has 2 bridgehead atoms. The van der Waals surface area contributed by atoms with Crippen LogP contribution in [0.15, 0.2) is 66.7 Å². The Morgan fingerprint density at radius 3 is 2.10 bits per heavy atom. The van der Waals surface area contributed by atoms with Crippen molar-refractivity contribution in [2.24, 2.45) is 5.92 Å². The molecule has 0 aliphatic heterocycles. The van der Waals surface area contributed by atoms with Gasteiger partial charge in [0.05, 0.1) is 20.6 Å². The lowest BCUT2D eigenvalue weighted by atomic mass is 9.59. The Morgan fingerprint density at radius 1 is 0.871 bits per heavy atom. The van der Waals surface area contributed by atoms with E-state index >= 15 is 0 Å². The Balaban J connectivity index is 1.31. The summed E-state index contributed by atoms with van der Waals surface area (Å²) in [4.78, 5) is 12.7. The maximum Gasteiger partial charge on any atom is 0.224 e. The average molecular weight is 414 g/mol. The number of fused-ring (bicyclic) bond motifs is 1. The van der Waals surface area contributed by atoms with E-state index in [1.807, 2.05) is 18.2 Å². The molecule has 1 atom stereocenters. The Labute approximate surface area is 183 Å². The van der Waals surface area contributed by atoms with Gasteiger partial charge in [0.15, 0.2) is 11.5 Å². The van der Waals surface area contributed by atoms with Gasteiger partial charge in [-0.1, -0.05) is 54.6 Å². The van der Waals surface area contributed by atoms with Crippen LogP contribution in [0.1, 0.15) is 46.1 Å². The van der Waals surface area contributed by atoms with E-state index in [2.05, 4.69) is 53.8 Å². The molecule has 0 fully saturated rings. The number of carbonyl (C=O) groups is 1. The van der Waals surface area contributed by atoms with Gasteiger partial charge in [0.1, 0.15) is 0 Å². The van der Waals surface area contributed by atoms with Crippen molar-refractivity contribution in [2.45, 2.75) is 24.7 Å². The van der Waals surface area contributed by atoms with Gasteiger partial charge >= 0.3 is 0 Å². The molecule has 3 aliphatic carbocycles. The third kappa shape index (κ3) is 3.46. The van der Waals surface area contributed by atoms with Crippen LogP contribution in [-0.2, 0) is 11.2 Å². The van der Waals surface area contributed by atoms with Crippen LogP contribution in [0.5, 0.6) is 11.5 Å². The second-order valence-corrected chi connectivity index (χ2v) is 8.45. The predicted molar refractivity (Wildman–Crippen MR) is 121 cm³/mol. The molecule has 0 aromatic heterocycles. The van der Waals surface area contributed by atoms with Crippen LogP contribution >= 0.6 is 0 Å². The van der Waals surface area contributed by atoms with Gasteiger partial charge in [0, 0.05) is 18.4 Å². The molecule has 0 spiro atoms. The molecule has 31 heavy (non-hydrogen) atoms. The van der Waals surface area contributed by atoms with Crippen LogP contribution in [0.25, 0.3) is 0 Å². The lowest BCUT2D eigenvalue weighted by molar-refractivity contribution is -0.120. The number of rotatable bonds is 6. The zero-order chi connectivity index (χ0) is 21.4. The molecule has 3 aromatic carbocycles. The molecule has 158 valence electrons. The van der Waals surface area contributed by atoms with Crippen molar-refractivity contribution in [3.8, 4) is 11.5 Å². The lowest BCUT2D eigenvalue weighted by Crippen LogP contribution is -2.39. The number of methoxy groups -OCH3 is 2. The van der Waals surface area contributed by atoms with Crippen molar-refractivity contribution in [3.05, 3.63) is 94.5 Å². The van der Waals surface area contributed by atoms with Gasteiger partial charge in [-0.2, -0.15) is 0 Å². The molecule has 6 rings (SSSR count). The lowest BCUT2D eigenvalue weighted by Gasteiger charge is -2.45. The first-order valence-corrected chi connectivity index (χ1v) is 10.8. The Hall–Kier alpha value is -3.27. The summed E-state index contributed by atoms with van der Waals surface area (Å²) in [7, 11) is 3.22. The molecule has 0 radical (unpaired) electrons. The van der Waals surface area contributed by atoms with Gasteiger partial charge in [-0.15, -0.1) is 0 Å². The van der Waals surface area contributed by atoms with Crippen LogP contribution in [0.4, 0.5) is 0 Å². The third-order valence-corrected chi connectivity index (χ3v) is 6.80. The molecule has 0 saturated heterocycles. The minimum Gasteiger partial charge on any atom is -0.493 e. The molecule has 1 amide bonds. The summed E-state index contributed by atoms with van der Waals surface area (Å²) in [6.07, 6.45) is 1.41. The monoisotopic (exact) mass is 413 g/mol. The smallest absolute Gasteiger partial charge is 0.224 e. The van der Waals surface area contributed by atoms with E-state index in [0.29, 0.717) is 42.2 Å². The Bertz CT molecular complexity index is 1080. The maximum absolute atomic E-state index is 12.7. The number of hydrogen-bond acceptors (Lipinski definition) is 3. The van der Waals surface area contributed by atoms with Crippen molar-refractivity contribution in [2.75, 3.05) is 20.8 Å². The minimum atomic E-state index is 0.0373. The predicted octanol–water partition coefficient (Wildman–Crippen LogP) is 4.66. The van der Waals surface area contributed by atoms with Crippen molar-refractivity contribution in [1.82, 2.24) is 5.32 Å². The molecule has 1 N–H and O–H groups in total. The van der Waals surface area contributed by atoms with E-state index in [4.69, 9.17) is 9.47 Å². The highest BCUT2D eigenvalue weighted by molar-refractivity contribution is 5.78. The number of benzene rings is 3. The van der Waals surface area contributed by atoms with Gasteiger partial charge < -0.3 is 14.8 Å². The SMILES string of the molecule is COc1ccc(CC(=O)NCC2CC3c4ccccc4C2c2ccccc23)cc1OC. The second-order valence-electron chi connectivity index (χ2n) is 8.45. The first-order valence-electron chi connectivity index (χ1n) is 10.8. The maximum atomic E-state index is 12.7. The van der Waals surface area contributed by atoms with Gasteiger partial charge in [0.2, 0.25) is 5.91 Å². The normalized spacial score (nSPS) is 20.5. The largest absolute Gasteiger partial charge is 0.493 e. The highest BCUT2D eigenvalue weighted by Gasteiger charge is 2.42. The summed E-state index contributed by atoms with van der Waals surface area (Å²) >= 11 is 0. The summed E-state index contributed by atoms with van der Waals surface area (Å²) in [6.45, 7) is 0.690. The summed E-state index contributed by atoms with van der Waals surface area (Å²) < 4.78 is 10.6. The second kappa shape index (κ2) is 8.10. The van der Waals surface area contributed by atoms with Crippen molar-refractivity contribution in [3.63, 3.8) is 0 Å². The highest BCUT2D eigenvalue weighted by atomic mass is 16.5. The quantitative estimate of drug-likeness (QED) is 0.639. The molecule has 3 aliphatic rings. The summed E-state index contributed by atoms with van der Waals surface area (Å²) in [6, 6.07) is 23.2. The van der Waals surface area contributed by atoms with Crippen LogP contribution in [0.2, 0.25) is 0 Å². The number of hydrogen-bond donors (Lipinski definition) is 1. The van der Waals surface area contributed by atoms with Crippen LogP contribution in [0, 0.1) is 5.92 Å². The molecule has 1 unspecified atom stereocenters. The zero-order valence-electron chi connectivity index (χ0n) is 17.9. The molecular weight excluding hydrogens is 386 g/mol. The topological polar surface area (TPSA) is 47.6 Å². The third-order valence-electron chi connectivity index (χ3n) is 6.80. The van der Waals surface area contributed by atoms with Crippen molar-refractivity contribution >= 4 is 5.91 Å². The molecule has 3 aromatic rings. The van der Waals surface area contributed by atoms with E-state index in [1.54, 1.807) is 14.2 Å². The number of nitrogens with one attached hydrogen (secondary N) is 1. The summed E-state index contributed by atoms with van der Waals surface area (Å²) in [5.74, 6) is 2.52. The van der Waals surface area contributed by atoms with E-state index in [9.17, 15) is 4.79 Å². The molecule has 4 nitrogen and oxygen atoms in total. The summed E-state index contributed by atoms with van der Waals surface area (Å²) in [5, 5.41) is 3.20. The number of carbonyl (C=O) groups excluding carboxylic acids is 1. The fraction of sp³-hybridized carbons (Fsp3) is 0.296. The zero-order valence-corrected chi connectivity index (χ0v) is 17.9. The van der Waals surface area contributed by atoms with Gasteiger partial charge in [-0.3, -0.25) is 4.79 Å². The Morgan fingerprint density at radius 2 is 1.48 bits per heavy atom. The minimum absolute atomic E-state index is 0.0373. The summed E-state index contributed by atoms with van der Waals surface area (Å²) in [5.41, 5.74) is 6.68. The van der Waals surface area contributed by atoms with Gasteiger partial charge in [-0.25, -0.2) is 0 Å². The van der Waals surface area contributed by atoms with E-state index in [1.165, 1.54) is 22.3 Å². The Kier molecular flexibility index (Phi) is 5.14. The van der Waals surface area contributed by atoms with E-state index in [0.717, 1.165) is 12.0 Å². The highest BCUT2D eigenvalue weighted by Crippen LogP contribution is 2.55. The first kappa shape index (κ1) is 19.7. The van der Waals surface area contributed by atoms with E-state index < -0.39 is 0 Å². The number of ether oxygens (including phenoxy) is 2. The van der Waals surface area contributed by atoms with Gasteiger partial charge in [-0.05, 0) is 52.3 Å². The molecule has 0 heterocycles. The van der Waals surface area contributed by atoms with Crippen LogP contribution < -0.4 is 14.8 Å². The molecule has 4 heteroatoms. The van der Waals surface area contributed by atoms with Crippen LogP contribution in [-0.4, -0.2) is 26.7 Å². The first-order chi connectivity index (χ1) is 15.2. The van der Waals surface area contributed by atoms with Crippen LogP contribution in [0.3, 0.4) is 0 Å². The fourth-order valence-electron chi connectivity index (χ4n) is 5.44. The molecular formula is C27H27NO3. The average Bonchev–Trinajstić information content (AvgIpc) is 2.82. The van der Waals surface area contributed by atoms with Crippen molar-refractivity contribution < 1.29 is 14.3 Å². The molecule has 0 saturated carbocycles. The van der Waals surface area contributed by atoms with Gasteiger partial charge in [0.25, 0.3) is 0 Å². The fourth-order valence-corrected chi connectivity index (χ4v) is 5.44. The standard InChI is InChI=1S/C27H27NO3/c1-30-24-12-11-17(13-25(24)31-2)14-26(29)28-16-18-15-23-19-7-3-5-9-21(19)27(18)22-10-6-4-8-20(22)23/h3-13,18,23,27H,14-16H2,1-2H3,(H,28,29). The number of amides is 1. The van der Waals surface area contributed by atoms with Crippen molar-refractivity contribution in [1.29, 1.82) is 0 Å². The van der Waals surface area contributed by atoms with E-state index in [-0.39, 0.29) is 5.91 Å².